The van der Waals surface area contributed by atoms with E-state index >= 15 is 0 Å². The molecule has 0 aliphatic rings. The summed E-state index contributed by atoms with van der Waals surface area (Å²) in [5, 5.41) is 2.92. The summed E-state index contributed by atoms with van der Waals surface area (Å²) in [5.41, 5.74) is 10.2. The van der Waals surface area contributed by atoms with E-state index < -0.39 is 6.09 Å². The van der Waals surface area contributed by atoms with Gasteiger partial charge in [0, 0.05) is 0 Å². The summed E-state index contributed by atoms with van der Waals surface area (Å²) in [5.74, 6) is 1.07. The quantitative estimate of drug-likeness (QED) is 0.595. The Morgan fingerprint density at radius 3 is 3.00 bits per heavy atom. The number of aromatic nitrogens is 1. The minimum atomic E-state index is -0.785. The Hall–Kier alpha value is -1.98. The lowest BCUT2D eigenvalue weighted by atomic mass is 10.4. The van der Waals surface area contributed by atoms with E-state index in [1.54, 1.807) is 18.2 Å². The highest BCUT2D eigenvalue weighted by molar-refractivity contribution is 5.64. The lowest BCUT2D eigenvalue weighted by Crippen LogP contribution is -2.18. The molecule has 6 heteroatoms. The van der Waals surface area contributed by atoms with Gasteiger partial charge in [-0.25, -0.2) is 9.78 Å². The molecule has 1 rings (SSSR count). The minimum absolute atomic E-state index is 0.200. The molecule has 0 saturated heterocycles. The Balaban J connectivity index is 2.28. The molecule has 0 spiro atoms. The molecule has 1 amide bonds. The molecule has 0 aromatic carbocycles. The van der Waals surface area contributed by atoms with E-state index in [0.717, 1.165) is 0 Å². The number of nitrogens with two attached hydrogens (primary N) is 2. The standard InChI is InChI=1S/C8H12N4O2/c9-6-2-1-3-7(12-6)11-4-5-14-8(10)13/h1-3H,4-5H2,(H2,10,13)(H3,9,11,12). The Morgan fingerprint density at radius 1 is 1.57 bits per heavy atom. The number of hydrogen-bond donors (Lipinski definition) is 3. The highest BCUT2D eigenvalue weighted by atomic mass is 16.5. The summed E-state index contributed by atoms with van der Waals surface area (Å²) in [6.07, 6.45) is -0.785. The smallest absolute Gasteiger partial charge is 0.404 e. The highest BCUT2D eigenvalue weighted by Crippen LogP contribution is 2.04. The SMILES string of the molecule is NC(=O)OCCNc1cccc(N)n1. The Bertz CT molecular complexity index is 316. The summed E-state index contributed by atoms with van der Waals surface area (Å²) < 4.78 is 4.51. The predicted molar refractivity (Wildman–Crippen MR) is 52.7 cm³/mol. The van der Waals surface area contributed by atoms with Crippen molar-refractivity contribution in [3.8, 4) is 0 Å². The first-order valence-electron chi connectivity index (χ1n) is 4.07. The molecule has 0 unspecified atom stereocenters. The number of rotatable bonds is 4. The number of amides is 1. The van der Waals surface area contributed by atoms with Crippen molar-refractivity contribution in [2.45, 2.75) is 0 Å². The predicted octanol–water partition coefficient (Wildman–Crippen LogP) is 0.171. The molecule has 0 atom stereocenters. The van der Waals surface area contributed by atoms with Crippen LogP contribution in [0, 0.1) is 0 Å². The van der Waals surface area contributed by atoms with Gasteiger partial charge in [-0.1, -0.05) is 6.07 Å². The molecule has 1 heterocycles. The van der Waals surface area contributed by atoms with Crippen LogP contribution in [0.1, 0.15) is 0 Å². The molecule has 1 aromatic heterocycles. The molecule has 14 heavy (non-hydrogen) atoms. The third-order valence-electron chi connectivity index (χ3n) is 1.42. The Labute approximate surface area is 81.3 Å². The number of pyridine rings is 1. The molecular formula is C8H12N4O2. The summed E-state index contributed by atoms with van der Waals surface area (Å²) in [4.78, 5) is 14.2. The van der Waals surface area contributed by atoms with Crippen LogP contribution in [0.2, 0.25) is 0 Å². The van der Waals surface area contributed by atoms with Gasteiger partial charge in [0.25, 0.3) is 0 Å². The first-order chi connectivity index (χ1) is 6.68. The van der Waals surface area contributed by atoms with Crippen molar-refractivity contribution < 1.29 is 9.53 Å². The monoisotopic (exact) mass is 196 g/mol. The first-order valence-corrected chi connectivity index (χ1v) is 4.07. The van der Waals surface area contributed by atoms with Gasteiger partial charge in [0.05, 0.1) is 6.54 Å². The molecule has 0 aliphatic carbocycles. The second kappa shape index (κ2) is 4.90. The molecule has 5 N–H and O–H groups in total. The van der Waals surface area contributed by atoms with Crippen LogP contribution in [0.4, 0.5) is 16.4 Å². The fraction of sp³-hybridized carbons (Fsp3) is 0.250. The van der Waals surface area contributed by atoms with Crippen LogP contribution in [0.3, 0.4) is 0 Å². The summed E-state index contributed by atoms with van der Waals surface area (Å²) in [7, 11) is 0. The zero-order chi connectivity index (χ0) is 10.4. The van der Waals surface area contributed by atoms with Gasteiger partial charge in [-0.2, -0.15) is 0 Å². The van der Waals surface area contributed by atoms with Gasteiger partial charge in [-0.3, -0.25) is 0 Å². The fourth-order valence-corrected chi connectivity index (χ4v) is 0.881. The van der Waals surface area contributed by atoms with Crippen LogP contribution in [-0.2, 0) is 4.74 Å². The van der Waals surface area contributed by atoms with Gasteiger partial charge in [-0.05, 0) is 12.1 Å². The molecule has 0 saturated carbocycles. The second-order valence-electron chi connectivity index (χ2n) is 2.54. The summed E-state index contributed by atoms with van der Waals surface area (Å²) in [6, 6.07) is 5.23. The molecule has 1 aromatic rings. The van der Waals surface area contributed by atoms with Crippen molar-refractivity contribution in [1.82, 2.24) is 4.98 Å². The zero-order valence-electron chi connectivity index (χ0n) is 7.56. The van der Waals surface area contributed by atoms with Crippen molar-refractivity contribution in [3.05, 3.63) is 18.2 Å². The van der Waals surface area contributed by atoms with Gasteiger partial charge in [0.2, 0.25) is 0 Å². The van der Waals surface area contributed by atoms with Crippen molar-refractivity contribution in [1.29, 1.82) is 0 Å². The Kier molecular flexibility index (Phi) is 3.54. The van der Waals surface area contributed by atoms with E-state index in [9.17, 15) is 4.79 Å². The molecule has 0 aliphatic heterocycles. The summed E-state index contributed by atoms with van der Waals surface area (Å²) >= 11 is 0. The third-order valence-corrected chi connectivity index (χ3v) is 1.42. The van der Waals surface area contributed by atoms with Crippen LogP contribution in [0.15, 0.2) is 18.2 Å². The number of nitrogens with one attached hydrogen (secondary N) is 1. The van der Waals surface area contributed by atoms with E-state index in [2.05, 4.69) is 15.0 Å². The Morgan fingerprint density at radius 2 is 2.36 bits per heavy atom. The first kappa shape index (κ1) is 10.1. The molecular weight excluding hydrogens is 184 g/mol. The average Bonchev–Trinajstić information content (AvgIpc) is 2.12. The lowest BCUT2D eigenvalue weighted by Gasteiger charge is -2.05. The normalized spacial score (nSPS) is 9.43. The second-order valence-corrected chi connectivity index (χ2v) is 2.54. The van der Waals surface area contributed by atoms with Crippen LogP contribution >= 0.6 is 0 Å². The van der Waals surface area contributed by atoms with Gasteiger partial charge >= 0.3 is 6.09 Å². The van der Waals surface area contributed by atoms with Crippen LogP contribution in [-0.4, -0.2) is 24.2 Å². The third kappa shape index (κ3) is 3.61. The average molecular weight is 196 g/mol. The maximum Gasteiger partial charge on any atom is 0.404 e. The number of nitrogens with zero attached hydrogens (tertiary/aromatic N) is 1. The van der Waals surface area contributed by atoms with Crippen LogP contribution in [0.25, 0.3) is 0 Å². The fourth-order valence-electron chi connectivity index (χ4n) is 0.881. The molecule has 76 valence electrons. The van der Waals surface area contributed by atoms with Crippen molar-refractivity contribution in [3.63, 3.8) is 0 Å². The number of ether oxygens (including phenoxy) is 1. The number of carbonyl (C=O) groups is 1. The maximum atomic E-state index is 10.2. The number of nitrogen functional groups attached to an aromatic ring is 1. The molecule has 0 fully saturated rings. The van der Waals surface area contributed by atoms with Crippen LogP contribution in [0.5, 0.6) is 0 Å². The van der Waals surface area contributed by atoms with Crippen molar-refractivity contribution >= 4 is 17.7 Å². The zero-order valence-corrected chi connectivity index (χ0v) is 7.56. The number of carbonyl (C=O) groups excluding carboxylic acids is 1. The van der Waals surface area contributed by atoms with Gasteiger partial charge in [0.1, 0.15) is 18.2 Å². The van der Waals surface area contributed by atoms with E-state index in [1.807, 2.05) is 0 Å². The molecule has 0 radical (unpaired) electrons. The van der Waals surface area contributed by atoms with Crippen LogP contribution < -0.4 is 16.8 Å². The largest absolute Gasteiger partial charge is 0.448 e. The summed E-state index contributed by atoms with van der Waals surface area (Å²) in [6.45, 7) is 0.644. The van der Waals surface area contributed by atoms with E-state index in [4.69, 9.17) is 11.5 Å². The molecule has 0 bridgehead atoms. The molecule has 6 nitrogen and oxygen atoms in total. The van der Waals surface area contributed by atoms with Gasteiger partial charge < -0.3 is 21.5 Å². The number of anilines is 2. The van der Waals surface area contributed by atoms with Gasteiger partial charge in [-0.15, -0.1) is 0 Å². The topological polar surface area (TPSA) is 103 Å². The highest BCUT2D eigenvalue weighted by Gasteiger charge is 1.95. The minimum Gasteiger partial charge on any atom is -0.448 e. The van der Waals surface area contributed by atoms with Gasteiger partial charge in [0.15, 0.2) is 0 Å². The van der Waals surface area contributed by atoms with E-state index in [0.29, 0.717) is 18.2 Å². The van der Waals surface area contributed by atoms with E-state index in [-0.39, 0.29) is 6.61 Å². The maximum absolute atomic E-state index is 10.2. The lowest BCUT2D eigenvalue weighted by molar-refractivity contribution is 0.161. The number of hydrogen-bond acceptors (Lipinski definition) is 5. The van der Waals surface area contributed by atoms with E-state index in [1.165, 1.54) is 0 Å². The van der Waals surface area contributed by atoms with Crippen molar-refractivity contribution in [2.75, 3.05) is 24.2 Å². The number of primary amides is 1. The van der Waals surface area contributed by atoms with Crippen molar-refractivity contribution in [2.24, 2.45) is 5.73 Å².